The summed E-state index contributed by atoms with van der Waals surface area (Å²) in [4.78, 5) is 12.5. The zero-order valence-electron chi connectivity index (χ0n) is 17.5. The molecular weight excluding hydrogens is 398 g/mol. The number of carbonyl (C=O) groups is 1. The molecule has 156 valence electrons. The summed E-state index contributed by atoms with van der Waals surface area (Å²) in [6, 6.07) is 17.8. The van der Waals surface area contributed by atoms with E-state index in [2.05, 4.69) is 36.3 Å². The van der Waals surface area contributed by atoms with Gasteiger partial charge >= 0.3 is 0 Å². The van der Waals surface area contributed by atoms with Gasteiger partial charge in [0.05, 0.1) is 11.4 Å². The Morgan fingerprint density at radius 1 is 0.900 bits per heavy atom. The minimum absolute atomic E-state index is 0.0195. The van der Waals surface area contributed by atoms with Crippen molar-refractivity contribution in [3.8, 4) is 11.3 Å². The fourth-order valence-electron chi connectivity index (χ4n) is 2.84. The molecule has 2 aromatic carbocycles. The summed E-state index contributed by atoms with van der Waals surface area (Å²) < 4.78 is 23.7. The van der Waals surface area contributed by atoms with Gasteiger partial charge in [0.15, 0.2) is 14.9 Å². The van der Waals surface area contributed by atoms with Crippen LogP contribution in [-0.2, 0) is 15.3 Å². The molecule has 6 nitrogen and oxygen atoms in total. The molecule has 0 spiro atoms. The predicted octanol–water partition coefficient (Wildman–Crippen LogP) is 4.49. The smallest absolute Gasteiger partial charge is 0.255 e. The molecule has 0 unspecified atom stereocenters. The van der Waals surface area contributed by atoms with E-state index < -0.39 is 9.84 Å². The Bertz CT molecular complexity index is 1130. The van der Waals surface area contributed by atoms with Crippen molar-refractivity contribution in [3.05, 3.63) is 71.8 Å². The Kier molecular flexibility index (Phi) is 6.03. The lowest BCUT2D eigenvalue weighted by Crippen LogP contribution is -2.14. The van der Waals surface area contributed by atoms with Gasteiger partial charge in [0, 0.05) is 16.8 Å². The molecule has 3 aromatic rings. The van der Waals surface area contributed by atoms with Gasteiger partial charge in [-0.1, -0.05) is 52.0 Å². The van der Waals surface area contributed by atoms with E-state index in [1.807, 2.05) is 24.3 Å². The largest absolute Gasteiger partial charge is 0.322 e. The third-order valence-corrected chi connectivity index (χ3v) is 6.41. The van der Waals surface area contributed by atoms with Crippen LogP contribution < -0.4 is 5.32 Å². The first kappa shape index (κ1) is 21.6. The standard InChI is InChI=1S/C23H25N3O3S/c1-5-30(28,29)21-15-14-20(25-26-21)16-8-12-19(13-9-16)24-22(27)17-6-10-18(11-7-17)23(2,3)4/h6-15H,5H2,1-4H3,(H,24,27). The maximum Gasteiger partial charge on any atom is 0.255 e. The first-order chi connectivity index (χ1) is 14.1. The number of rotatable bonds is 5. The van der Waals surface area contributed by atoms with Gasteiger partial charge in [-0.15, -0.1) is 10.2 Å². The molecule has 3 rings (SSSR count). The average Bonchev–Trinajstić information content (AvgIpc) is 2.74. The molecule has 0 aliphatic heterocycles. The van der Waals surface area contributed by atoms with E-state index in [9.17, 15) is 13.2 Å². The van der Waals surface area contributed by atoms with Crippen molar-refractivity contribution in [3.63, 3.8) is 0 Å². The van der Waals surface area contributed by atoms with E-state index in [0.717, 1.165) is 5.56 Å². The van der Waals surface area contributed by atoms with Crippen LogP contribution in [0.15, 0.2) is 65.7 Å². The normalized spacial score (nSPS) is 11.9. The number of benzene rings is 2. The van der Waals surface area contributed by atoms with Crippen molar-refractivity contribution in [1.29, 1.82) is 0 Å². The van der Waals surface area contributed by atoms with Crippen LogP contribution in [0.25, 0.3) is 11.3 Å². The van der Waals surface area contributed by atoms with E-state index in [1.54, 1.807) is 37.3 Å². The molecule has 30 heavy (non-hydrogen) atoms. The quantitative estimate of drug-likeness (QED) is 0.653. The lowest BCUT2D eigenvalue weighted by molar-refractivity contribution is 0.102. The minimum atomic E-state index is -3.38. The molecule has 0 bridgehead atoms. The van der Waals surface area contributed by atoms with E-state index in [-0.39, 0.29) is 22.1 Å². The van der Waals surface area contributed by atoms with Crippen molar-refractivity contribution < 1.29 is 13.2 Å². The number of aromatic nitrogens is 2. The SMILES string of the molecule is CCS(=O)(=O)c1ccc(-c2ccc(NC(=O)c3ccc(C(C)(C)C)cc3)cc2)nn1. The van der Waals surface area contributed by atoms with Gasteiger partial charge in [0.1, 0.15) is 0 Å². The monoisotopic (exact) mass is 423 g/mol. The number of hydrogen-bond acceptors (Lipinski definition) is 5. The summed E-state index contributed by atoms with van der Waals surface area (Å²) in [7, 11) is -3.38. The fourth-order valence-corrected chi connectivity index (χ4v) is 3.57. The Labute approximate surface area is 177 Å². The molecule has 0 aliphatic carbocycles. The van der Waals surface area contributed by atoms with Crippen LogP contribution in [0, 0.1) is 0 Å². The molecule has 1 aromatic heterocycles. The maximum atomic E-state index is 12.5. The number of sulfone groups is 1. The second-order valence-electron chi connectivity index (χ2n) is 8.02. The number of anilines is 1. The van der Waals surface area contributed by atoms with Crippen LogP contribution in [0.2, 0.25) is 0 Å². The molecule has 0 aliphatic rings. The Balaban J connectivity index is 1.71. The van der Waals surface area contributed by atoms with E-state index in [0.29, 0.717) is 16.9 Å². The number of nitrogens with one attached hydrogen (secondary N) is 1. The maximum absolute atomic E-state index is 12.5. The zero-order valence-corrected chi connectivity index (χ0v) is 18.3. The minimum Gasteiger partial charge on any atom is -0.322 e. The zero-order chi connectivity index (χ0) is 21.9. The van der Waals surface area contributed by atoms with Crippen LogP contribution >= 0.6 is 0 Å². The summed E-state index contributed by atoms with van der Waals surface area (Å²) in [6.07, 6.45) is 0. The third kappa shape index (κ3) is 4.91. The third-order valence-electron chi connectivity index (χ3n) is 4.79. The van der Waals surface area contributed by atoms with Gasteiger partial charge in [0.2, 0.25) is 0 Å². The van der Waals surface area contributed by atoms with E-state index in [4.69, 9.17) is 0 Å². The average molecular weight is 424 g/mol. The Morgan fingerprint density at radius 3 is 2.03 bits per heavy atom. The van der Waals surface area contributed by atoms with Crippen LogP contribution in [0.5, 0.6) is 0 Å². The molecule has 0 atom stereocenters. The molecule has 7 heteroatoms. The van der Waals surface area contributed by atoms with Crippen LogP contribution in [0.3, 0.4) is 0 Å². The van der Waals surface area contributed by atoms with Crippen molar-refractivity contribution in [1.82, 2.24) is 10.2 Å². The topological polar surface area (TPSA) is 89.0 Å². The second kappa shape index (κ2) is 8.36. The molecule has 0 saturated carbocycles. The Morgan fingerprint density at radius 2 is 1.53 bits per heavy atom. The van der Waals surface area contributed by atoms with Crippen molar-refractivity contribution in [2.45, 2.75) is 38.1 Å². The lowest BCUT2D eigenvalue weighted by atomic mass is 9.87. The second-order valence-corrected chi connectivity index (χ2v) is 10.2. The van der Waals surface area contributed by atoms with Gasteiger partial charge in [-0.25, -0.2) is 8.42 Å². The summed E-state index contributed by atoms with van der Waals surface area (Å²) >= 11 is 0. The van der Waals surface area contributed by atoms with Crippen LogP contribution in [-0.4, -0.2) is 30.3 Å². The van der Waals surface area contributed by atoms with Crippen molar-refractivity contribution in [2.24, 2.45) is 0 Å². The highest BCUT2D eigenvalue weighted by atomic mass is 32.2. The molecule has 1 N–H and O–H groups in total. The lowest BCUT2D eigenvalue weighted by Gasteiger charge is -2.19. The van der Waals surface area contributed by atoms with Crippen LogP contribution in [0.1, 0.15) is 43.6 Å². The highest BCUT2D eigenvalue weighted by Crippen LogP contribution is 2.23. The first-order valence-electron chi connectivity index (χ1n) is 9.69. The summed E-state index contributed by atoms with van der Waals surface area (Å²) in [6.45, 7) is 7.95. The van der Waals surface area contributed by atoms with Gasteiger partial charge in [-0.3, -0.25) is 4.79 Å². The number of nitrogens with zero attached hydrogens (tertiary/aromatic N) is 2. The fraction of sp³-hybridized carbons (Fsp3) is 0.261. The van der Waals surface area contributed by atoms with Gasteiger partial charge < -0.3 is 5.32 Å². The van der Waals surface area contributed by atoms with E-state index in [1.165, 1.54) is 11.6 Å². The highest BCUT2D eigenvalue weighted by Gasteiger charge is 2.15. The summed E-state index contributed by atoms with van der Waals surface area (Å²) in [5.41, 5.74) is 3.78. The molecule has 1 heterocycles. The van der Waals surface area contributed by atoms with Crippen LogP contribution in [0.4, 0.5) is 5.69 Å². The van der Waals surface area contributed by atoms with Crippen molar-refractivity contribution in [2.75, 3.05) is 11.1 Å². The summed E-state index contributed by atoms with van der Waals surface area (Å²) in [5, 5.41) is 10.7. The predicted molar refractivity (Wildman–Crippen MR) is 118 cm³/mol. The van der Waals surface area contributed by atoms with Gasteiger partial charge in [-0.05, 0) is 47.4 Å². The van der Waals surface area contributed by atoms with Crippen molar-refractivity contribution >= 4 is 21.4 Å². The van der Waals surface area contributed by atoms with Gasteiger partial charge in [0.25, 0.3) is 5.91 Å². The molecule has 0 fully saturated rings. The summed E-state index contributed by atoms with van der Waals surface area (Å²) in [5.74, 6) is -0.203. The number of carbonyl (C=O) groups excluding carboxylic acids is 1. The molecule has 0 saturated heterocycles. The molecule has 1 amide bonds. The Hall–Kier alpha value is -3.06. The van der Waals surface area contributed by atoms with Gasteiger partial charge in [-0.2, -0.15) is 0 Å². The highest BCUT2D eigenvalue weighted by molar-refractivity contribution is 7.91. The van der Waals surface area contributed by atoms with E-state index >= 15 is 0 Å². The number of amides is 1. The molecular formula is C23H25N3O3S. The molecule has 0 radical (unpaired) electrons. The number of hydrogen-bond donors (Lipinski definition) is 1. The first-order valence-corrected chi connectivity index (χ1v) is 11.3.